The topological polar surface area (TPSA) is 104 Å². The number of hydrogen-bond acceptors (Lipinski definition) is 7. The Balaban J connectivity index is 1.62. The van der Waals surface area contributed by atoms with E-state index in [0.29, 0.717) is 49.7 Å². The molecule has 0 radical (unpaired) electrons. The van der Waals surface area contributed by atoms with Crippen molar-refractivity contribution in [1.82, 2.24) is 9.13 Å². The molecule has 198 valence electrons. The number of ether oxygens (including phenoxy) is 3. The van der Waals surface area contributed by atoms with Crippen molar-refractivity contribution in [3.05, 3.63) is 46.4 Å². The van der Waals surface area contributed by atoms with Gasteiger partial charge in [-0.05, 0) is 49.6 Å². The molecular weight excluding hydrogens is 476 g/mol. The molecule has 1 amide bonds. The molecule has 3 aromatic rings. The number of carbonyl (C=O) groups is 2. The minimum atomic E-state index is -0.199. The summed E-state index contributed by atoms with van der Waals surface area (Å²) in [5, 5.41) is 3.06. The van der Waals surface area contributed by atoms with E-state index < -0.39 is 0 Å². The van der Waals surface area contributed by atoms with Crippen LogP contribution < -0.4 is 25.4 Å². The maximum absolute atomic E-state index is 13.1. The minimum Gasteiger partial charge on any atom is -0.493 e. The molecule has 10 heteroatoms. The number of nitrogens with zero attached hydrogens (tertiary/aromatic N) is 3. The summed E-state index contributed by atoms with van der Waals surface area (Å²) in [6, 6.07) is 9.16. The van der Waals surface area contributed by atoms with Gasteiger partial charge >= 0.3 is 11.7 Å². The molecule has 4 rings (SSSR count). The van der Waals surface area contributed by atoms with E-state index in [1.54, 1.807) is 49.6 Å². The second kappa shape index (κ2) is 11.0. The summed E-state index contributed by atoms with van der Waals surface area (Å²) in [6.45, 7) is 3.44. The van der Waals surface area contributed by atoms with E-state index in [-0.39, 0.29) is 29.9 Å². The Labute approximate surface area is 215 Å². The van der Waals surface area contributed by atoms with Gasteiger partial charge in [0, 0.05) is 27.2 Å². The van der Waals surface area contributed by atoms with Gasteiger partial charge in [-0.15, -0.1) is 0 Å². The number of amides is 1. The first-order chi connectivity index (χ1) is 17.8. The lowest BCUT2D eigenvalue weighted by atomic mass is 9.96. The average Bonchev–Trinajstić information content (AvgIpc) is 3.11. The molecule has 1 N–H and O–H groups in total. The first kappa shape index (κ1) is 26.1. The van der Waals surface area contributed by atoms with Crippen molar-refractivity contribution < 1.29 is 23.8 Å². The number of esters is 1. The van der Waals surface area contributed by atoms with Gasteiger partial charge in [-0.2, -0.15) is 0 Å². The molecule has 1 aliphatic heterocycles. The SMILES string of the molecule is CCOC(=O)C1CCN(c2cc3c(cc2NC(=O)Cc2ccc(OC)c(OC)c2)n(C)c(=O)n3C)CC1. The van der Waals surface area contributed by atoms with Crippen molar-refractivity contribution >= 4 is 34.3 Å². The molecule has 2 heterocycles. The number of hydrogen-bond donors (Lipinski definition) is 1. The summed E-state index contributed by atoms with van der Waals surface area (Å²) in [5.41, 5.74) is 3.56. The zero-order valence-corrected chi connectivity index (χ0v) is 22.0. The molecule has 0 bridgehead atoms. The van der Waals surface area contributed by atoms with Crippen LogP contribution in [0.3, 0.4) is 0 Å². The van der Waals surface area contributed by atoms with Crippen LogP contribution in [0.15, 0.2) is 35.1 Å². The van der Waals surface area contributed by atoms with Crippen LogP contribution in [-0.4, -0.2) is 54.9 Å². The molecular formula is C27H34N4O6. The minimum absolute atomic E-state index is 0.135. The highest BCUT2D eigenvalue weighted by Crippen LogP contribution is 2.34. The molecule has 1 fully saturated rings. The van der Waals surface area contributed by atoms with Crippen molar-refractivity contribution in [2.45, 2.75) is 26.2 Å². The Morgan fingerprint density at radius 1 is 0.973 bits per heavy atom. The molecule has 0 spiro atoms. The quantitative estimate of drug-likeness (QED) is 0.465. The van der Waals surface area contributed by atoms with Gasteiger partial charge in [0.15, 0.2) is 11.5 Å². The maximum atomic E-state index is 13.1. The number of nitrogens with one attached hydrogen (secondary N) is 1. The Bertz CT molecular complexity index is 1370. The summed E-state index contributed by atoms with van der Waals surface area (Å²) in [4.78, 5) is 40.1. The van der Waals surface area contributed by atoms with E-state index in [1.807, 2.05) is 25.1 Å². The van der Waals surface area contributed by atoms with E-state index in [2.05, 4.69) is 10.2 Å². The lowest BCUT2D eigenvalue weighted by Crippen LogP contribution is -2.37. The standard InChI is InChI=1S/C27H34N4O6/c1-6-37-26(33)18-9-11-31(12-10-18)20-16-22-21(29(2)27(34)30(22)3)15-19(20)28-25(32)14-17-7-8-23(35-4)24(13-17)36-5/h7-8,13,15-16,18H,6,9-12,14H2,1-5H3,(H,28,32). The second-order valence-corrected chi connectivity index (χ2v) is 9.19. The van der Waals surface area contributed by atoms with Crippen molar-refractivity contribution in [3.63, 3.8) is 0 Å². The van der Waals surface area contributed by atoms with Crippen LogP contribution in [0.25, 0.3) is 11.0 Å². The highest BCUT2D eigenvalue weighted by Gasteiger charge is 2.28. The van der Waals surface area contributed by atoms with Crippen LogP contribution in [0.5, 0.6) is 11.5 Å². The molecule has 0 aliphatic carbocycles. The van der Waals surface area contributed by atoms with Crippen molar-refractivity contribution in [2.75, 3.05) is 44.1 Å². The second-order valence-electron chi connectivity index (χ2n) is 9.19. The number of aryl methyl sites for hydroxylation is 2. The summed E-state index contributed by atoms with van der Waals surface area (Å²) < 4.78 is 19.0. The molecule has 10 nitrogen and oxygen atoms in total. The van der Waals surface area contributed by atoms with Gasteiger partial charge in [0.25, 0.3) is 0 Å². The normalized spacial score (nSPS) is 14.0. The van der Waals surface area contributed by atoms with E-state index in [0.717, 1.165) is 22.3 Å². The van der Waals surface area contributed by atoms with Crippen molar-refractivity contribution in [3.8, 4) is 11.5 Å². The van der Waals surface area contributed by atoms with Crippen LogP contribution >= 0.6 is 0 Å². The highest BCUT2D eigenvalue weighted by molar-refractivity contribution is 5.99. The monoisotopic (exact) mass is 510 g/mol. The number of methoxy groups -OCH3 is 2. The number of piperidine rings is 1. The molecule has 2 aromatic carbocycles. The van der Waals surface area contributed by atoms with Gasteiger partial charge in [-0.1, -0.05) is 6.07 Å². The van der Waals surface area contributed by atoms with Crippen LogP contribution in [0, 0.1) is 5.92 Å². The zero-order valence-electron chi connectivity index (χ0n) is 22.0. The predicted octanol–water partition coefficient (Wildman–Crippen LogP) is 2.85. The Morgan fingerprint density at radius 3 is 2.24 bits per heavy atom. The van der Waals surface area contributed by atoms with Crippen molar-refractivity contribution in [1.29, 1.82) is 0 Å². The fraction of sp³-hybridized carbons (Fsp3) is 0.444. The Kier molecular flexibility index (Phi) is 7.75. The fourth-order valence-electron chi connectivity index (χ4n) is 4.88. The number of benzene rings is 2. The summed E-state index contributed by atoms with van der Waals surface area (Å²) in [7, 11) is 6.56. The van der Waals surface area contributed by atoms with Gasteiger partial charge < -0.3 is 24.4 Å². The Morgan fingerprint density at radius 2 is 1.62 bits per heavy atom. The van der Waals surface area contributed by atoms with E-state index >= 15 is 0 Å². The van der Waals surface area contributed by atoms with Gasteiger partial charge in [-0.3, -0.25) is 18.7 Å². The lowest BCUT2D eigenvalue weighted by molar-refractivity contribution is -0.148. The van der Waals surface area contributed by atoms with E-state index in [4.69, 9.17) is 14.2 Å². The summed E-state index contributed by atoms with van der Waals surface area (Å²) >= 11 is 0. The molecule has 0 atom stereocenters. The summed E-state index contributed by atoms with van der Waals surface area (Å²) in [5.74, 6) is 0.653. The molecule has 0 unspecified atom stereocenters. The van der Waals surface area contributed by atoms with Crippen LogP contribution in [0.1, 0.15) is 25.3 Å². The predicted molar refractivity (Wildman–Crippen MR) is 142 cm³/mol. The number of fused-ring (bicyclic) bond motifs is 1. The van der Waals surface area contributed by atoms with Crippen LogP contribution in [-0.2, 0) is 34.8 Å². The third kappa shape index (κ3) is 5.28. The zero-order chi connectivity index (χ0) is 26.7. The molecule has 1 saturated heterocycles. The van der Waals surface area contributed by atoms with Crippen LogP contribution in [0.2, 0.25) is 0 Å². The molecule has 1 aromatic heterocycles. The molecule has 37 heavy (non-hydrogen) atoms. The van der Waals surface area contributed by atoms with Gasteiger partial charge in [0.1, 0.15) is 0 Å². The molecule has 0 saturated carbocycles. The average molecular weight is 511 g/mol. The number of imidazole rings is 1. The number of rotatable bonds is 8. The van der Waals surface area contributed by atoms with Gasteiger partial charge in [-0.25, -0.2) is 4.79 Å². The fourth-order valence-corrected chi connectivity index (χ4v) is 4.88. The van der Waals surface area contributed by atoms with Gasteiger partial charge in [0.2, 0.25) is 5.91 Å². The van der Waals surface area contributed by atoms with E-state index in [9.17, 15) is 14.4 Å². The first-order valence-electron chi connectivity index (χ1n) is 12.4. The first-order valence-corrected chi connectivity index (χ1v) is 12.4. The highest BCUT2D eigenvalue weighted by atomic mass is 16.5. The number of aromatic nitrogens is 2. The smallest absolute Gasteiger partial charge is 0.328 e. The molecule has 1 aliphatic rings. The lowest BCUT2D eigenvalue weighted by Gasteiger charge is -2.34. The van der Waals surface area contributed by atoms with Crippen LogP contribution in [0.4, 0.5) is 11.4 Å². The number of carbonyl (C=O) groups excluding carboxylic acids is 2. The maximum Gasteiger partial charge on any atom is 0.328 e. The van der Waals surface area contributed by atoms with E-state index in [1.165, 1.54) is 0 Å². The number of anilines is 2. The van der Waals surface area contributed by atoms with Crippen molar-refractivity contribution in [2.24, 2.45) is 20.0 Å². The third-order valence-electron chi connectivity index (χ3n) is 6.93. The largest absolute Gasteiger partial charge is 0.493 e. The Hall–Kier alpha value is -3.95. The summed E-state index contributed by atoms with van der Waals surface area (Å²) in [6.07, 6.45) is 1.45. The van der Waals surface area contributed by atoms with Gasteiger partial charge in [0.05, 0.1) is 55.6 Å². The third-order valence-corrected chi connectivity index (χ3v) is 6.93.